The third-order valence-corrected chi connectivity index (χ3v) is 5.79. The Bertz CT molecular complexity index is 890. The van der Waals surface area contributed by atoms with E-state index in [9.17, 15) is 4.79 Å². The highest BCUT2D eigenvalue weighted by Gasteiger charge is 2.31. The third kappa shape index (κ3) is 3.95. The van der Waals surface area contributed by atoms with Crippen molar-refractivity contribution in [2.24, 2.45) is 0 Å². The van der Waals surface area contributed by atoms with Crippen LogP contribution in [0, 0.1) is 0 Å². The van der Waals surface area contributed by atoms with Crippen LogP contribution in [-0.2, 0) is 4.79 Å². The number of benzene rings is 2. The van der Waals surface area contributed by atoms with Crippen molar-refractivity contribution in [3.8, 4) is 5.75 Å². The van der Waals surface area contributed by atoms with E-state index in [2.05, 4.69) is 4.98 Å². The molecule has 0 aliphatic carbocycles. The van der Waals surface area contributed by atoms with E-state index in [1.807, 2.05) is 60.4 Å². The lowest BCUT2D eigenvalue weighted by atomic mass is 10.2. The standard InChI is InChI=1S/C21H23N3O2S/c1-2-26-15-9-11-16(12-10-15)27-14-20(25)24-13-5-8-19(24)21-22-17-6-3-4-7-18(17)23-21/h3-4,6-7,9-12,19H,2,5,8,13-14H2,1H3,(H,22,23). The second-order valence-corrected chi connectivity index (χ2v) is 7.63. The normalized spacial score (nSPS) is 16.8. The third-order valence-electron chi connectivity index (χ3n) is 4.79. The van der Waals surface area contributed by atoms with Crippen molar-refractivity contribution >= 4 is 28.7 Å². The molecule has 0 radical (unpaired) electrons. The van der Waals surface area contributed by atoms with Crippen LogP contribution in [0.25, 0.3) is 11.0 Å². The van der Waals surface area contributed by atoms with Gasteiger partial charge in [0, 0.05) is 11.4 Å². The lowest BCUT2D eigenvalue weighted by Gasteiger charge is -2.23. The number of amides is 1. The fourth-order valence-corrected chi connectivity index (χ4v) is 4.29. The number of nitrogens with zero attached hydrogens (tertiary/aromatic N) is 2. The maximum absolute atomic E-state index is 12.8. The summed E-state index contributed by atoms with van der Waals surface area (Å²) < 4.78 is 5.46. The molecule has 1 aliphatic rings. The Balaban J connectivity index is 1.41. The van der Waals surface area contributed by atoms with Gasteiger partial charge in [-0.1, -0.05) is 12.1 Å². The monoisotopic (exact) mass is 381 g/mol. The number of fused-ring (bicyclic) bond motifs is 1. The molecule has 1 saturated heterocycles. The van der Waals surface area contributed by atoms with Crippen LogP contribution < -0.4 is 4.74 Å². The summed E-state index contributed by atoms with van der Waals surface area (Å²) in [5.74, 6) is 2.35. The smallest absolute Gasteiger partial charge is 0.233 e. The zero-order valence-corrected chi connectivity index (χ0v) is 16.2. The zero-order valence-electron chi connectivity index (χ0n) is 15.4. The number of hydrogen-bond acceptors (Lipinski definition) is 4. The van der Waals surface area contributed by atoms with Crippen LogP contribution in [-0.4, -0.2) is 39.7 Å². The molecule has 5 nitrogen and oxygen atoms in total. The molecule has 0 bridgehead atoms. The van der Waals surface area contributed by atoms with Gasteiger partial charge in [0.25, 0.3) is 0 Å². The van der Waals surface area contributed by atoms with Gasteiger partial charge in [-0.3, -0.25) is 4.79 Å². The van der Waals surface area contributed by atoms with Crippen molar-refractivity contribution in [2.75, 3.05) is 18.9 Å². The number of para-hydroxylation sites is 2. The number of aromatic amines is 1. The lowest BCUT2D eigenvalue weighted by molar-refractivity contribution is -0.129. The quantitative estimate of drug-likeness (QED) is 0.642. The van der Waals surface area contributed by atoms with E-state index in [0.29, 0.717) is 12.4 Å². The molecule has 140 valence electrons. The van der Waals surface area contributed by atoms with Gasteiger partial charge in [-0.25, -0.2) is 4.98 Å². The highest BCUT2D eigenvalue weighted by Crippen LogP contribution is 2.32. The van der Waals surface area contributed by atoms with Crippen LogP contribution in [0.5, 0.6) is 5.75 Å². The van der Waals surface area contributed by atoms with Gasteiger partial charge in [-0.2, -0.15) is 0 Å². The minimum Gasteiger partial charge on any atom is -0.494 e. The molecule has 1 aliphatic heterocycles. The second kappa shape index (κ2) is 8.05. The number of carbonyl (C=O) groups excluding carboxylic acids is 1. The van der Waals surface area contributed by atoms with Crippen LogP contribution >= 0.6 is 11.8 Å². The van der Waals surface area contributed by atoms with E-state index in [-0.39, 0.29) is 11.9 Å². The average molecular weight is 382 g/mol. The Morgan fingerprint density at radius 1 is 1.26 bits per heavy atom. The molecule has 0 spiro atoms. The highest BCUT2D eigenvalue weighted by atomic mass is 32.2. The fourth-order valence-electron chi connectivity index (χ4n) is 3.51. The first-order valence-corrected chi connectivity index (χ1v) is 10.3. The van der Waals surface area contributed by atoms with E-state index in [0.717, 1.165) is 46.9 Å². The topological polar surface area (TPSA) is 58.2 Å². The van der Waals surface area contributed by atoms with Gasteiger partial charge in [0.05, 0.1) is 29.4 Å². The van der Waals surface area contributed by atoms with Crippen molar-refractivity contribution in [1.82, 2.24) is 14.9 Å². The van der Waals surface area contributed by atoms with Gasteiger partial charge in [-0.15, -0.1) is 11.8 Å². The van der Waals surface area contributed by atoms with Gasteiger partial charge in [-0.05, 0) is 56.2 Å². The van der Waals surface area contributed by atoms with Gasteiger partial charge < -0.3 is 14.6 Å². The molecule has 1 aromatic heterocycles. The molecular weight excluding hydrogens is 358 g/mol. The number of imidazole rings is 1. The number of H-pyrrole nitrogens is 1. The number of rotatable bonds is 6. The second-order valence-electron chi connectivity index (χ2n) is 6.58. The number of likely N-dealkylation sites (tertiary alicyclic amines) is 1. The van der Waals surface area contributed by atoms with E-state index in [1.54, 1.807) is 11.8 Å². The number of hydrogen-bond donors (Lipinski definition) is 1. The maximum Gasteiger partial charge on any atom is 0.233 e. The summed E-state index contributed by atoms with van der Waals surface area (Å²) in [6.07, 6.45) is 1.97. The summed E-state index contributed by atoms with van der Waals surface area (Å²) >= 11 is 1.57. The molecule has 3 aromatic rings. The van der Waals surface area contributed by atoms with E-state index < -0.39 is 0 Å². The van der Waals surface area contributed by atoms with Crippen LogP contribution in [0.1, 0.15) is 31.6 Å². The number of ether oxygens (including phenoxy) is 1. The number of aromatic nitrogens is 2. The molecule has 2 aromatic carbocycles. The summed E-state index contributed by atoms with van der Waals surface area (Å²) in [5.41, 5.74) is 1.98. The summed E-state index contributed by atoms with van der Waals surface area (Å²) in [7, 11) is 0. The molecule has 0 saturated carbocycles. The van der Waals surface area contributed by atoms with Gasteiger partial charge in [0.1, 0.15) is 11.6 Å². The summed E-state index contributed by atoms with van der Waals surface area (Å²) in [6, 6.07) is 16.0. The summed E-state index contributed by atoms with van der Waals surface area (Å²) in [4.78, 5) is 24.0. The Morgan fingerprint density at radius 3 is 2.85 bits per heavy atom. The van der Waals surface area contributed by atoms with Crippen molar-refractivity contribution in [1.29, 1.82) is 0 Å². The predicted octanol–water partition coefficient (Wildman–Crippen LogP) is 4.42. The van der Waals surface area contributed by atoms with Gasteiger partial charge >= 0.3 is 0 Å². The van der Waals surface area contributed by atoms with Crippen LogP contribution in [0.15, 0.2) is 53.4 Å². The first-order chi connectivity index (χ1) is 13.2. The Morgan fingerprint density at radius 2 is 2.07 bits per heavy atom. The molecule has 27 heavy (non-hydrogen) atoms. The number of thioether (sulfide) groups is 1. The van der Waals surface area contributed by atoms with Gasteiger partial charge in [0.2, 0.25) is 5.91 Å². The minimum atomic E-state index is 0.0471. The van der Waals surface area contributed by atoms with E-state index >= 15 is 0 Å². The minimum absolute atomic E-state index is 0.0471. The predicted molar refractivity (Wildman–Crippen MR) is 108 cm³/mol. The van der Waals surface area contributed by atoms with E-state index in [4.69, 9.17) is 9.72 Å². The maximum atomic E-state index is 12.8. The molecule has 1 fully saturated rings. The summed E-state index contributed by atoms with van der Waals surface area (Å²) in [5, 5.41) is 0. The Hall–Kier alpha value is -2.47. The molecule has 1 unspecified atom stereocenters. The average Bonchev–Trinajstić information content (AvgIpc) is 3.34. The number of carbonyl (C=O) groups is 1. The van der Waals surface area contributed by atoms with Gasteiger partial charge in [0.15, 0.2) is 0 Å². The molecule has 4 rings (SSSR count). The van der Waals surface area contributed by atoms with Crippen molar-refractivity contribution in [3.63, 3.8) is 0 Å². The highest BCUT2D eigenvalue weighted by molar-refractivity contribution is 8.00. The van der Waals surface area contributed by atoms with E-state index in [1.165, 1.54) is 0 Å². The molecule has 6 heteroatoms. The van der Waals surface area contributed by atoms with Crippen LogP contribution in [0.4, 0.5) is 0 Å². The number of nitrogens with one attached hydrogen (secondary N) is 1. The lowest BCUT2D eigenvalue weighted by Crippen LogP contribution is -2.32. The molecule has 2 heterocycles. The van der Waals surface area contributed by atoms with Crippen LogP contribution in [0.2, 0.25) is 0 Å². The molecule has 1 amide bonds. The largest absolute Gasteiger partial charge is 0.494 e. The first-order valence-electron chi connectivity index (χ1n) is 9.34. The van der Waals surface area contributed by atoms with Crippen molar-refractivity contribution in [2.45, 2.75) is 30.7 Å². The molecule has 1 N–H and O–H groups in total. The first kappa shape index (κ1) is 17.9. The summed E-state index contributed by atoms with van der Waals surface area (Å²) in [6.45, 7) is 3.42. The zero-order chi connectivity index (χ0) is 18.6. The van der Waals surface area contributed by atoms with Crippen molar-refractivity contribution < 1.29 is 9.53 Å². The van der Waals surface area contributed by atoms with Crippen molar-refractivity contribution in [3.05, 3.63) is 54.4 Å². The SMILES string of the molecule is CCOc1ccc(SCC(=O)N2CCCC2c2nc3ccccc3[nH]2)cc1. The molecular formula is C21H23N3O2S. The Labute approximate surface area is 163 Å². The Kier molecular flexibility index (Phi) is 5.34. The molecule has 1 atom stereocenters. The van der Waals surface area contributed by atoms with Crippen LogP contribution in [0.3, 0.4) is 0 Å². The fraction of sp³-hybridized carbons (Fsp3) is 0.333.